The number of carbonyl (C=O) groups excluding carboxylic acids is 2. The molecule has 3 heteroatoms. The van der Waals surface area contributed by atoms with Gasteiger partial charge in [-0.25, -0.2) is 0 Å². The molecule has 1 fully saturated rings. The van der Waals surface area contributed by atoms with Gasteiger partial charge in [-0.15, -0.1) is 0 Å². The van der Waals surface area contributed by atoms with Gasteiger partial charge < -0.3 is 4.74 Å². The van der Waals surface area contributed by atoms with E-state index in [4.69, 9.17) is 4.74 Å². The molecule has 3 aliphatic rings. The first kappa shape index (κ1) is 9.59. The smallest absolute Gasteiger partial charge is 0.208 e. The van der Waals surface area contributed by atoms with E-state index in [0.717, 1.165) is 5.57 Å². The second-order valence-electron chi connectivity index (χ2n) is 3.95. The number of hydrogen-bond acceptors (Lipinski definition) is 3. The molecule has 0 amide bonds. The maximum Gasteiger partial charge on any atom is 0.208 e. The van der Waals surface area contributed by atoms with Crippen LogP contribution in [0.3, 0.4) is 0 Å². The lowest BCUT2D eigenvalue weighted by molar-refractivity contribution is -0.148. The molecule has 2 bridgehead atoms. The van der Waals surface area contributed by atoms with Gasteiger partial charge in [0.2, 0.25) is 11.6 Å². The van der Waals surface area contributed by atoms with E-state index in [0.29, 0.717) is 13.0 Å². The summed E-state index contributed by atoms with van der Waals surface area (Å²) in [6.07, 6.45) is 2.52. The van der Waals surface area contributed by atoms with Gasteiger partial charge in [0.25, 0.3) is 0 Å². The summed E-state index contributed by atoms with van der Waals surface area (Å²) in [5, 5.41) is 0. The van der Waals surface area contributed by atoms with Gasteiger partial charge in [-0.2, -0.15) is 0 Å². The molecule has 14 heavy (non-hydrogen) atoms. The number of Topliss-reactive ketones (excluding diaryl/α,β-unsaturated/α-hetero) is 2. The third-order valence-electron chi connectivity index (χ3n) is 3.10. The first-order valence-electron chi connectivity index (χ1n) is 5.03. The minimum absolute atomic E-state index is 0.0705. The summed E-state index contributed by atoms with van der Waals surface area (Å²) in [7, 11) is 0. The maximum atomic E-state index is 11.5. The largest absolute Gasteiger partial charge is 0.377 e. The average Bonchev–Trinajstić information content (AvgIpc) is 2.16. The Morgan fingerprint density at radius 2 is 2.14 bits per heavy atom. The molecule has 0 spiro atoms. The molecule has 3 rings (SSSR count). The Morgan fingerprint density at radius 3 is 2.79 bits per heavy atom. The second kappa shape index (κ2) is 3.31. The Morgan fingerprint density at radius 1 is 1.43 bits per heavy atom. The van der Waals surface area contributed by atoms with Gasteiger partial charge >= 0.3 is 0 Å². The highest BCUT2D eigenvalue weighted by atomic mass is 16.5. The van der Waals surface area contributed by atoms with E-state index in [1.165, 1.54) is 0 Å². The van der Waals surface area contributed by atoms with Crippen molar-refractivity contribution in [1.82, 2.24) is 0 Å². The highest BCUT2D eigenvalue weighted by molar-refractivity contribution is 6.41. The quantitative estimate of drug-likeness (QED) is 0.489. The van der Waals surface area contributed by atoms with E-state index < -0.39 is 0 Å². The Bertz CT molecular complexity index is 316. The van der Waals surface area contributed by atoms with Gasteiger partial charge in [0, 0.05) is 12.5 Å². The number of hydrogen-bond donors (Lipinski definition) is 0. The summed E-state index contributed by atoms with van der Waals surface area (Å²) in [4.78, 5) is 23.0. The van der Waals surface area contributed by atoms with Crippen molar-refractivity contribution < 1.29 is 14.3 Å². The zero-order valence-electron chi connectivity index (χ0n) is 8.45. The van der Waals surface area contributed by atoms with Crippen molar-refractivity contribution >= 4 is 11.6 Å². The highest BCUT2D eigenvalue weighted by Gasteiger charge is 2.46. The molecule has 76 valence electrons. The summed E-state index contributed by atoms with van der Waals surface area (Å²) < 4.78 is 5.47. The molecule has 0 aromatic carbocycles. The first-order valence-corrected chi connectivity index (χ1v) is 5.03. The normalized spacial score (nSPS) is 36.1. The van der Waals surface area contributed by atoms with Crippen molar-refractivity contribution in [3.8, 4) is 0 Å². The van der Waals surface area contributed by atoms with Gasteiger partial charge in [0.1, 0.15) is 0 Å². The summed E-state index contributed by atoms with van der Waals surface area (Å²) in [6.45, 7) is 4.43. The third-order valence-corrected chi connectivity index (χ3v) is 3.10. The van der Waals surface area contributed by atoms with Crippen LogP contribution in [0.4, 0.5) is 0 Å². The molecule has 0 aliphatic heterocycles. The molecule has 0 aromatic heterocycles. The number of fused-ring (bicyclic) bond motifs is 2. The van der Waals surface area contributed by atoms with Gasteiger partial charge in [-0.05, 0) is 20.3 Å². The minimum atomic E-state index is -0.313. The molecule has 0 saturated heterocycles. The van der Waals surface area contributed by atoms with Crippen LogP contribution in [0, 0.1) is 11.8 Å². The Kier molecular flexibility index (Phi) is 2.27. The molecule has 0 N–H and O–H groups in total. The maximum absolute atomic E-state index is 11.5. The van der Waals surface area contributed by atoms with Crippen molar-refractivity contribution in [2.24, 2.45) is 11.8 Å². The van der Waals surface area contributed by atoms with Crippen LogP contribution in [-0.4, -0.2) is 24.3 Å². The van der Waals surface area contributed by atoms with Crippen molar-refractivity contribution in [1.29, 1.82) is 0 Å². The zero-order valence-corrected chi connectivity index (χ0v) is 8.45. The molecule has 3 nitrogen and oxygen atoms in total. The van der Waals surface area contributed by atoms with E-state index in [2.05, 4.69) is 0 Å². The lowest BCUT2D eigenvalue weighted by atomic mass is 9.68. The fraction of sp³-hybridized carbons (Fsp3) is 0.636. The standard InChI is InChI=1S/C11H14O3/c1-3-14-9-5-7-6(2)4-8(9)11(13)10(7)12/h4,7-9H,3,5H2,1-2H3/t7-,8-,9+/m1/s1. The van der Waals surface area contributed by atoms with Crippen LogP contribution in [0.1, 0.15) is 20.3 Å². The monoisotopic (exact) mass is 194 g/mol. The molecule has 1 saturated carbocycles. The molecular weight excluding hydrogens is 180 g/mol. The molecule has 3 atom stereocenters. The molecule has 3 aliphatic carbocycles. The van der Waals surface area contributed by atoms with Gasteiger partial charge in [-0.1, -0.05) is 11.6 Å². The first-order chi connectivity index (χ1) is 6.65. The fourth-order valence-corrected chi connectivity index (χ4v) is 2.35. The van der Waals surface area contributed by atoms with Crippen molar-refractivity contribution in [3.05, 3.63) is 11.6 Å². The highest BCUT2D eigenvalue weighted by Crippen LogP contribution is 2.37. The van der Waals surface area contributed by atoms with E-state index in [1.807, 2.05) is 19.9 Å². The Labute approximate surface area is 83.1 Å². The van der Waals surface area contributed by atoms with E-state index in [-0.39, 0.29) is 29.5 Å². The number of allylic oxidation sites excluding steroid dienone is 1. The van der Waals surface area contributed by atoms with Gasteiger partial charge in [-0.3, -0.25) is 9.59 Å². The third kappa shape index (κ3) is 1.23. The van der Waals surface area contributed by atoms with Crippen LogP contribution < -0.4 is 0 Å². The predicted octanol–water partition coefficient (Wildman–Crippen LogP) is 1.13. The summed E-state index contributed by atoms with van der Waals surface area (Å²) in [5.74, 6) is -0.993. The van der Waals surface area contributed by atoms with E-state index in [9.17, 15) is 9.59 Å². The molecule has 0 heterocycles. The van der Waals surface area contributed by atoms with Crippen LogP contribution in [-0.2, 0) is 14.3 Å². The van der Waals surface area contributed by atoms with Crippen LogP contribution in [0.5, 0.6) is 0 Å². The molecular formula is C11H14O3. The van der Waals surface area contributed by atoms with Gasteiger partial charge in [0.05, 0.1) is 12.0 Å². The van der Waals surface area contributed by atoms with Crippen molar-refractivity contribution in [2.75, 3.05) is 6.61 Å². The van der Waals surface area contributed by atoms with Crippen LogP contribution in [0.15, 0.2) is 11.6 Å². The van der Waals surface area contributed by atoms with Crippen molar-refractivity contribution in [2.45, 2.75) is 26.4 Å². The second-order valence-corrected chi connectivity index (χ2v) is 3.95. The molecule has 0 unspecified atom stereocenters. The number of carbonyl (C=O) groups is 2. The average molecular weight is 194 g/mol. The van der Waals surface area contributed by atoms with Crippen LogP contribution in [0.25, 0.3) is 0 Å². The summed E-state index contributed by atoms with van der Waals surface area (Å²) in [6, 6.07) is 0. The van der Waals surface area contributed by atoms with Gasteiger partial charge in [0.15, 0.2) is 0 Å². The Hall–Kier alpha value is -0.960. The van der Waals surface area contributed by atoms with Crippen LogP contribution in [0.2, 0.25) is 0 Å². The molecule has 0 aromatic rings. The lowest BCUT2D eigenvalue weighted by Crippen LogP contribution is -2.48. The van der Waals surface area contributed by atoms with E-state index >= 15 is 0 Å². The van der Waals surface area contributed by atoms with Crippen LogP contribution >= 0.6 is 0 Å². The predicted molar refractivity (Wildman–Crippen MR) is 50.8 cm³/mol. The zero-order chi connectivity index (χ0) is 10.3. The topological polar surface area (TPSA) is 43.4 Å². The number of ketones is 2. The lowest BCUT2D eigenvalue weighted by Gasteiger charge is -2.37. The summed E-state index contributed by atoms with van der Waals surface area (Å²) >= 11 is 0. The summed E-state index contributed by atoms with van der Waals surface area (Å²) in [5.41, 5.74) is 1.04. The number of rotatable bonds is 2. The minimum Gasteiger partial charge on any atom is -0.377 e. The number of ether oxygens (including phenoxy) is 1. The SMILES string of the molecule is CCO[C@H]1C[C@H]2C(=O)C(=O)[C@@H]1C=C2C. The van der Waals surface area contributed by atoms with E-state index in [1.54, 1.807) is 0 Å². The fourth-order valence-electron chi connectivity index (χ4n) is 2.35. The Balaban J connectivity index is 2.28. The molecule has 0 radical (unpaired) electrons. The van der Waals surface area contributed by atoms with Crippen molar-refractivity contribution in [3.63, 3.8) is 0 Å².